The lowest BCUT2D eigenvalue weighted by molar-refractivity contribution is 0.959. The SMILES string of the molecule is Cc1ccc(CCc2ccc(C)c(Nc3ccc(C#N)cc3)c2)cc1. The molecule has 3 aromatic rings. The van der Waals surface area contributed by atoms with Crippen molar-refractivity contribution in [2.45, 2.75) is 26.7 Å². The van der Waals surface area contributed by atoms with Crippen molar-refractivity contribution in [1.29, 1.82) is 5.26 Å². The lowest BCUT2D eigenvalue weighted by Crippen LogP contribution is -1.97. The molecule has 0 aliphatic heterocycles. The number of benzene rings is 3. The van der Waals surface area contributed by atoms with Crippen LogP contribution in [0.5, 0.6) is 0 Å². The van der Waals surface area contributed by atoms with E-state index in [1.807, 2.05) is 24.3 Å². The smallest absolute Gasteiger partial charge is 0.0991 e. The van der Waals surface area contributed by atoms with E-state index in [1.165, 1.54) is 22.3 Å². The standard InChI is InChI=1S/C23H22N2/c1-17-3-6-19(7-4-17)9-10-20-8-5-18(2)23(15-20)25-22-13-11-21(16-24)12-14-22/h3-8,11-15,25H,9-10H2,1-2H3. The van der Waals surface area contributed by atoms with E-state index in [-0.39, 0.29) is 0 Å². The second kappa shape index (κ2) is 7.68. The van der Waals surface area contributed by atoms with Gasteiger partial charge in [-0.15, -0.1) is 0 Å². The van der Waals surface area contributed by atoms with E-state index in [0.717, 1.165) is 24.2 Å². The first-order chi connectivity index (χ1) is 12.1. The number of anilines is 2. The average Bonchev–Trinajstić information content (AvgIpc) is 2.64. The molecule has 25 heavy (non-hydrogen) atoms. The summed E-state index contributed by atoms with van der Waals surface area (Å²) in [7, 11) is 0. The Kier molecular flexibility index (Phi) is 5.16. The van der Waals surface area contributed by atoms with Crippen LogP contribution in [0.3, 0.4) is 0 Å². The summed E-state index contributed by atoms with van der Waals surface area (Å²) in [6, 6.07) is 25.0. The summed E-state index contributed by atoms with van der Waals surface area (Å²) in [6.45, 7) is 4.22. The zero-order valence-corrected chi connectivity index (χ0v) is 14.7. The highest BCUT2D eigenvalue weighted by atomic mass is 14.9. The molecule has 2 heteroatoms. The molecular formula is C23H22N2. The third-order valence-corrected chi connectivity index (χ3v) is 4.42. The molecule has 0 saturated heterocycles. The largest absolute Gasteiger partial charge is 0.355 e. The van der Waals surface area contributed by atoms with Crippen LogP contribution in [0.25, 0.3) is 0 Å². The highest BCUT2D eigenvalue weighted by Crippen LogP contribution is 2.23. The highest BCUT2D eigenvalue weighted by Gasteiger charge is 2.03. The van der Waals surface area contributed by atoms with Gasteiger partial charge in [-0.3, -0.25) is 0 Å². The second-order valence-electron chi connectivity index (χ2n) is 6.45. The normalized spacial score (nSPS) is 10.3. The van der Waals surface area contributed by atoms with Crippen molar-refractivity contribution in [2.24, 2.45) is 0 Å². The van der Waals surface area contributed by atoms with Gasteiger partial charge in [-0.25, -0.2) is 0 Å². The molecule has 0 aliphatic carbocycles. The molecule has 0 amide bonds. The van der Waals surface area contributed by atoms with Crippen molar-refractivity contribution >= 4 is 11.4 Å². The fraction of sp³-hybridized carbons (Fsp3) is 0.174. The summed E-state index contributed by atoms with van der Waals surface area (Å²) in [5, 5.41) is 12.4. The first-order valence-electron chi connectivity index (χ1n) is 8.56. The van der Waals surface area contributed by atoms with Crippen LogP contribution in [0, 0.1) is 25.2 Å². The number of nitrogens with zero attached hydrogens (tertiary/aromatic N) is 1. The van der Waals surface area contributed by atoms with E-state index in [9.17, 15) is 0 Å². The number of rotatable bonds is 5. The maximum Gasteiger partial charge on any atom is 0.0991 e. The molecule has 3 rings (SSSR count). The summed E-state index contributed by atoms with van der Waals surface area (Å²) < 4.78 is 0. The molecule has 0 aromatic heterocycles. The minimum Gasteiger partial charge on any atom is -0.355 e. The van der Waals surface area contributed by atoms with Gasteiger partial charge in [0, 0.05) is 11.4 Å². The lowest BCUT2D eigenvalue weighted by Gasteiger charge is -2.12. The molecule has 0 heterocycles. The maximum atomic E-state index is 8.90. The van der Waals surface area contributed by atoms with Gasteiger partial charge in [0.1, 0.15) is 0 Å². The zero-order valence-electron chi connectivity index (χ0n) is 14.7. The van der Waals surface area contributed by atoms with Crippen LogP contribution in [0.15, 0.2) is 66.7 Å². The third-order valence-electron chi connectivity index (χ3n) is 4.42. The Morgan fingerprint density at radius 3 is 2.12 bits per heavy atom. The summed E-state index contributed by atoms with van der Waals surface area (Å²) in [4.78, 5) is 0. The fourth-order valence-corrected chi connectivity index (χ4v) is 2.79. The summed E-state index contributed by atoms with van der Waals surface area (Å²) in [6.07, 6.45) is 2.06. The first kappa shape index (κ1) is 16.8. The van der Waals surface area contributed by atoms with Crippen LogP contribution in [0.1, 0.15) is 27.8 Å². The third kappa shape index (κ3) is 4.49. The topological polar surface area (TPSA) is 35.8 Å². The number of aryl methyl sites for hydroxylation is 4. The van der Waals surface area contributed by atoms with Crippen LogP contribution >= 0.6 is 0 Å². The Labute approximate surface area is 149 Å². The quantitative estimate of drug-likeness (QED) is 0.652. The van der Waals surface area contributed by atoms with Gasteiger partial charge in [0.25, 0.3) is 0 Å². The van der Waals surface area contributed by atoms with Crippen LogP contribution < -0.4 is 5.32 Å². The molecule has 0 saturated carbocycles. The number of hydrogen-bond acceptors (Lipinski definition) is 2. The molecule has 2 nitrogen and oxygen atoms in total. The van der Waals surface area contributed by atoms with E-state index in [4.69, 9.17) is 5.26 Å². The van der Waals surface area contributed by atoms with Gasteiger partial charge >= 0.3 is 0 Å². The highest BCUT2D eigenvalue weighted by molar-refractivity contribution is 5.64. The Morgan fingerprint density at radius 1 is 0.800 bits per heavy atom. The summed E-state index contributed by atoms with van der Waals surface area (Å²) in [5.41, 5.74) is 7.99. The molecule has 0 spiro atoms. The predicted molar refractivity (Wildman–Crippen MR) is 104 cm³/mol. The molecule has 0 aliphatic rings. The molecule has 0 unspecified atom stereocenters. The predicted octanol–water partition coefficient (Wildman–Crippen LogP) is 5.70. The fourth-order valence-electron chi connectivity index (χ4n) is 2.79. The molecule has 1 N–H and O–H groups in total. The monoisotopic (exact) mass is 326 g/mol. The summed E-state index contributed by atoms with van der Waals surface area (Å²) in [5.74, 6) is 0. The van der Waals surface area contributed by atoms with Crippen LogP contribution in [0.4, 0.5) is 11.4 Å². The first-order valence-corrected chi connectivity index (χ1v) is 8.56. The van der Waals surface area contributed by atoms with Gasteiger partial charge in [-0.1, -0.05) is 42.0 Å². The van der Waals surface area contributed by atoms with Gasteiger partial charge in [-0.2, -0.15) is 5.26 Å². The van der Waals surface area contributed by atoms with Crippen molar-refractivity contribution in [3.05, 3.63) is 94.5 Å². The Morgan fingerprint density at radius 2 is 1.44 bits per heavy atom. The van der Waals surface area contributed by atoms with Crippen molar-refractivity contribution in [2.75, 3.05) is 5.32 Å². The molecular weight excluding hydrogens is 304 g/mol. The van der Waals surface area contributed by atoms with E-state index in [2.05, 4.69) is 67.7 Å². The molecule has 0 bridgehead atoms. The number of nitriles is 1. The Bertz CT molecular complexity index is 885. The second-order valence-corrected chi connectivity index (χ2v) is 6.45. The van der Waals surface area contributed by atoms with E-state index in [0.29, 0.717) is 5.56 Å². The summed E-state index contributed by atoms with van der Waals surface area (Å²) >= 11 is 0. The van der Waals surface area contributed by atoms with Gasteiger partial charge in [0.2, 0.25) is 0 Å². The van der Waals surface area contributed by atoms with E-state index in [1.54, 1.807) is 0 Å². The molecule has 0 fully saturated rings. The number of nitrogens with one attached hydrogen (secondary N) is 1. The molecule has 3 aromatic carbocycles. The number of hydrogen-bond donors (Lipinski definition) is 1. The Hall–Kier alpha value is -3.05. The zero-order chi connectivity index (χ0) is 17.6. The van der Waals surface area contributed by atoms with Crippen LogP contribution in [-0.4, -0.2) is 0 Å². The molecule has 0 atom stereocenters. The van der Waals surface area contributed by atoms with E-state index >= 15 is 0 Å². The lowest BCUT2D eigenvalue weighted by atomic mass is 10.0. The van der Waals surface area contributed by atoms with Gasteiger partial charge in [0.05, 0.1) is 11.6 Å². The van der Waals surface area contributed by atoms with Crippen molar-refractivity contribution in [1.82, 2.24) is 0 Å². The van der Waals surface area contributed by atoms with Gasteiger partial charge < -0.3 is 5.32 Å². The minimum atomic E-state index is 0.675. The molecule has 0 radical (unpaired) electrons. The average molecular weight is 326 g/mol. The van der Waals surface area contributed by atoms with E-state index < -0.39 is 0 Å². The van der Waals surface area contributed by atoms with Crippen molar-refractivity contribution in [3.63, 3.8) is 0 Å². The maximum absolute atomic E-state index is 8.90. The van der Waals surface area contributed by atoms with Gasteiger partial charge in [0.15, 0.2) is 0 Å². The van der Waals surface area contributed by atoms with Gasteiger partial charge in [-0.05, 0) is 73.7 Å². The van der Waals surface area contributed by atoms with Crippen LogP contribution in [0.2, 0.25) is 0 Å². The van der Waals surface area contributed by atoms with Crippen molar-refractivity contribution in [3.8, 4) is 6.07 Å². The van der Waals surface area contributed by atoms with Crippen LogP contribution in [-0.2, 0) is 12.8 Å². The minimum absolute atomic E-state index is 0.675. The van der Waals surface area contributed by atoms with Crippen molar-refractivity contribution < 1.29 is 0 Å². The molecule has 124 valence electrons. The Balaban J connectivity index is 1.71.